The minimum atomic E-state index is 0.177. The summed E-state index contributed by atoms with van der Waals surface area (Å²) in [7, 11) is 0. The minimum absolute atomic E-state index is 0.177. The van der Waals surface area contributed by atoms with Crippen LogP contribution in [0.25, 0.3) is 10.8 Å². The predicted octanol–water partition coefficient (Wildman–Crippen LogP) is 4.19. The van der Waals surface area contributed by atoms with Gasteiger partial charge in [-0.2, -0.15) is 0 Å². The van der Waals surface area contributed by atoms with Crippen LogP contribution >= 0.6 is 11.6 Å². The molecular formula is C15H16ClNO. The topological polar surface area (TPSA) is 23.5 Å². The number of fused-ring (bicyclic) bond motifs is 1. The molecule has 1 saturated heterocycles. The molecule has 1 heterocycles. The normalized spacial score (nSPS) is 16.2. The van der Waals surface area contributed by atoms with E-state index in [0.717, 1.165) is 29.5 Å². The summed E-state index contributed by atoms with van der Waals surface area (Å²) in [5, 5.41) is 12.5. The molecule has 0 spiro atoms. The lowest BCUT2D eigenvalue weighted by atomic mass is 10.0. The van der Waals surface area contributed by atoms with Gasteiger partial charge in [0.05, 0.1) is 5.02 Å². The van der Waals surface area contributed by atoms with E-state index in [1.807, 2.05) is 18.2 Å². The van der Waals surface area contributed by atoms with Crippen molar-refractivity contribution in [2.75, 3.05) is 18.0 Å². The number of aromatic hydroxyl groups is 1. The van der Waals surface area contributed by atoms with Gasteiger partial charge in [0.25, 0.3) is 0 Å². The van der Waals surface area contributed by atoms with Gasteiger partial charge in [-0.3, -0.25) is 0 Å². The van der Waals surface area contributed by atoms with E-state index in [-0.39, 0.29) is 5.75 Å². The number of anilines is 1. The second-order valence-electron chi connectivity index (χ2n) is 4.82. The number of benzene rings is 2. The van der Waals surface area contributed by atoms with Crippen molar-refractivity contribution in [2.45, 2.75) is 19.3 Å². The van der Waals surface area contributed by atoms with Crippen LogP contribution in [0.2, 0.25) is 5.02 Å². The first-order valence-corrected chi connectivity index (χ1v) is 6.80. The van der Waals surface area contributed by atoms with Crippen LogP contribution in [-0.2, 0) is 0 Å². The van der Waals surface area contributed by atoms with Crippen LogP contribution in [-0.4, -0.2) is 18.2 Å². The third-order valence-electron chi connectivity index (χ3n) is 3.63. The van der Waals surface area contributed by atoms with Crippen LogP contribution in [0.15, 0.2) is 30.3 Å². The molecule has 2 aromatic carbocycles. The summed E-state index contributed by atoms with van der Waals surface area (Å²) in [5.41, 5.74) is 1.10. The van der Waals surface area contributed by atoms with Gasteiger partial charge in [-0.15, -0.1) is 0 Å². The molecule has 0 amide bonds. The molecule has 1 fully saturated rings. The van der Waals surface area contributed by atoms with E-state index >= 15 is 0 Å². The molecule has 2 aromatic rings. The van der Waals surface area contributed by atoms with Crippen LogP contribution in [0.3, 0.4) is 0 Å². The molecule has 0 aliphatic carbocycles. The average molecular weight is 262 g/mol. The Morgan fingerprint density at radius 1 is 1.00 bits per heavy atom. The minimum Gasteiger partial charge on any atom is -0.506 e. The Bertz CT molecular complexity index is 576. The van der Waals surface area contributed by atoms with Crippen molar-refractivity contribution in [3.63, 3.8) is 0 Å². The van der Waals surface area contributed by atoms with Crippen molar-refractivity contribution >= 4 is 28.1 Å². The van der Waals surface area contributed by atoms with Crippen LogP contribution in [0, 0.1) is 0 Å². The average Bonchev–Trinajstić information content (AvgIpc) is 2.44. The molecule has 3 heteroatoms. The summed E-state index contributed by atoms with van der Waals surface area (Å²) in [4.78, 5) is 2.35. The van der Waals surface area contributed by atoms with Crippen molar-refractivity contribution < 1.29 is 5.11 Å². The Hall–Kier alpha value is -1.41. The predicted molar refractivity (Wildman–Crippen MR) is 76.7 cm³/mol. The van der Waals surface area contributed by atoms with Crippen LogP contribution in [0.5, 0.6) is 5.75 Å². The fraction of sp³-hybridized carbons (Fsp3) is 0.333. The lowest BCUT2D eigenvalue weighted by Gasteiger charge is -2.30. The smallest absolute Gasteiger partial charge is 0.136 e. The SMILES string of the molecule is Oc1cc(N2CCCCC2)c2ccccc2c1Cl. The molecule has 0 atom stereocenters. The van der Waals surface area contributed by atoms with Gasteiger partial charge in [-0.1, -0.05) is 35.9 Å². The number of halogens is 1. The van der Waals surface area contributed by atoms with E-state index in [4.69, 9.17) is 11.6 Å². The summed E-state index contributed by atoms with van der Waals surface area (Å²) >= 11 is 6.17. The van der Waals surface area contributed by atoms with Gasteiger partial charge < -0.3 is 10.0 Å². The van der Waals surface area contributed by atoms with Gasteiger partial charge in [-0.05, 0) is 19.3 Å². The van der Waals surface area contributed by atoms with Crippen LogP contribution in [0.4, 0.5) is 5.69 Å². The number of rotatable bonds is 1. The molecule has 2 nitrogen and oxygen atoms in total. The van der Waals surface area contributed by atoms with Gasteiger partial charge >= 0.3 is 0 Å². The van der Waals surface area contributed by atoms with Crippen LogP contribution in [0.1, 0.15) is 19.3 Å². The zero-order chi connectivity index (χ0) is 12.5. The van der Waals surface area contributed by atoms with E-state index in [0.29, 0.717) is 5.02 Å². The largest absolute Gasteiger partial charge is 0.506 e. The molecule has 18 heavy (non-hydrogen) atoms. The summed E-state index contributed by atoms with van der Waals surface area (Å²) in [6.07, 6.45) is 3.74. The maximum atomic E-state index is 9.97. The first-order valence-electron chi connectivity index (χ1n) is 6.42. The lowest BCUT2D eigenvalue weighted by Crippen LogP contribution is -2.29. The fourth-order valence-electron chi connectivity index (χ4n) is 2.70. The Kier molecular flexibility index (Phi) is 3.04. The highest BCUT2D eigenvalue weighted by molar-refractivity contribution is 6.37. The molecule has 3 rings (SSSR count). The monoisotopic (exact) mass is 261 g/mol. The first kappa shape index (κ1) is 11.7. The molecule has 0 unspecified atom stereocenters. The van der Waals surface area contributed by atoms with Crippen molar-refractivity contribution in [2.24, 2.45) is 0 Å². The molecular weight excluding hydrogens is 246 g/mol. The number of nitrogens with zero attached hydrogens (tertiary/aromatic N) is 1. The second-order valence-corrected chi connectivity index (χ2v) is 5.20. The van der Waals surface area contributed by atoms with Crippen molar-refractivity contribution in [1.82, 2.24) is 0 Å². The van der Waals surface area contributed by atoms with Gasteiger partial charge in [0, 0.05) is 35.6 Å². The van der Waals surface area contributed by atoms with Gasteiger partial charge in [-0.25, -0.2) is 0 Å². The molecule has 1 N–H and O–H groups in total. The van der Waals surface area contributed by atoms with Crippen LogP contribution < -0.4 is 4.90 Å². The van der Waals surface area contributed by atoms with Gasteiger partial charge in [0.15, 0.2) is 0 Å². The van der Waals surface area contributed by atoms with E-state index < -0.39 is 0 Å². The van der Waals surface area contributed by atoms with E-state index in [1.165, 1.54) is 19.3 Å². The first-order chi connectivity index (χ1) is 8.77. The number of piperidine rings is 1. The molecule has 94 valence electrons. The molecule has 0 radical (unpaired) electrons. The molecule has 0 aromatic heterocycles. The zero-order valence-electron chi connectivity index (χ0n) is 10.2. The van der Waals surface area contributed by atoms with Gasteiger partial charge in [0.2, 0.25) is 0 Å². The fourth-order valence-corrected chi connectivity index (χ4v) is 2.92. The van der Waals surface area contributed by atoms with E-state index in [1.54, 1.807) is 6.07 Å². The number of hydrogen-bond acceptors (Lipinski definition) is 2. The van der Waals surface area contributed by atoms with Crippen molar-refractivity contribution in [3.8, 4) is 5.75 Å². The van der Waals surface area contributed by atoms with E-state index in [9.17, 15) is 5.11 Å². The Morgan fingerprint density at radius 2 is 1.67 bits per heavy atom. The molecule has 1 aliphatic heterocycles. The second kappa shape index (κ2) is 4.69. The Morgan fingerprint density at radius 3 is 2.39 bits per heavy atom. The maximum absolute atomic E-state index is 9.97. The third kappa shape index (κ3) is 1.91. The van der Waals surface area contributed by atoms with Crippen molar-refractivity contribution in [1.29, 1.82) is 0 Å². The maximum Gasteiger partial charge on any atom is 0.136 e. The summed E-state index contributed by atoms with van der Waals surface area (Å²) in [6, 6.07) is 9.81. The van der Waals surface area contributed by atoms with E-state index in [2.05, 4.69) is 11.0 Å². The summed E-state index contributed by atoms with van der Waals surface area (Å²) in [6.45, 7) is 2.12. The van der Waals surface area contributed by atoms with Crippen molar-refractivity contribution in [3.05, 3.63) is 35.4 Å². The highest BCUT2D eigenvalue weighted by atomic mass is 35.5. The molecule has 0 bridgehead atoms. The number of phenolic OH excluding ortho intramolecular Hbond substituents is 1. The molecule has 0 saturated carbocycles. The zero-order valence-corrected chi connectivity index (χ0v) is 11.0. The highest BCUT2D eigenvalue weighted by Crippen LogP contribution is 2.39. The third-order valence-corrected chi connectivity index (χ3v) is 4.03. The quantitative estimate of drug-likeness (QED) is 0.832. The Labute approximate surface area is 112 Å². The standard InChI is InChI=1S/C15H16ClNO/c16-15-12-7-3-2-6-11(12)13(10-14(15)18)17-8-4-1-5-9-17/h2-3,6-7,10,18H,1,4-5,8-9H2. The Balaban J connectivity index is 2.18. The lowest BCUT2D eigenvalue weighted by molar-refractivity contribution is 0.476. The molecule has 1 aliphatic rings. The number of hydrogen-bond donors (Lipinski definition) is 1. The summed E-state index contributed by atoms with van der Waals surface area (Å²) in [5.74, 6) is 0.177. The van der Waals surface area contributed by atoms with Gasteiger partial charge in [0.1, 0.15) is 5.75 Å². The number of phenols is 1. The highest BCUT2D eigenvalue weighted by Gasteiger charge is 2.16. The summed E-state index contributed by atoms with van der Waals surface area (Å²) < 4.78 is 0.